The van der Waals surface area contributed by atoms with Gasteiger partial charge in [0.15, 0.2) is 53.2 Å². The molecule has 0 saturated heterocycles. The molecule has 2 heterocycles. The molecule has 0 aromatic heterocycles. The van der Waals surface area contributed by atoms with Gasteiger partial charge in [0.1, 0.15) is 11.5 Å². The summed E-state index contributed by atoms with van der Waals surface area (Å²) in [6.07, 6.45) is -3.92. The van der Waals surface area contributed by atoms with Gasteiger partial charge in [0.25, 0.3) is 0 Å². The summed E-state index contributed by atoms with van der Waals surface area (Å²) in [6.45, 7) is -0.356. The monoisotopic (exact) mass is 466 g/mol. The Bertz CT molecular complexity index is 1260. The highest BCUT2D eigenvalue weighted by Gasteiger charge is 2.39. The number of phenols is 2. The smallest absolute Gasteiger partial charge is 0.199 e. The number of aromatic hydroxyl groups is 2. The van der Waals surface area contributed by atoms with Crippen molar-refractivity contribution < 1.29 is 44.2 Å². The number of hydrogen-bond acceptors (Lipinski definition) is 9. The number of phenolic OH excluding ortho intramolecular Hbond substituents is 2. The number of Topliss-reactive ketones (excluding diaryl/α,β-unsaturated/α-hetero) is 1. The Kier molecular flexibility index (Phi) is 5.43. The number of ether oxygens (including phenoxy) is 4. The zero-order chi connectivity index (χ0) is 24.0. The van der Waals surface area contributed by atoms with Gasteiger partial charge in [-0.2, -0.15) is 0 Å². The Morgan fingerprint density at radius 3 is 2.35 bits per heavy atom. The lowest BCUT2D eigenvalue weighted by molar-refractivity contribution is -0.0130. The van der Waals surface area contributed by atoms with Crippen LogP contribution in [0.1, 0.15) is 33.7 Å². The van der Waals surface area contributed by atoms with Gasteiger partial charge in [0.2, 0.25) is 0 Å². The second-order valence-corrected chi connectivity index (χ2v) is 8.04. The fourth-order valence-corrected chi connectivity index (χ4v) is 4.18. The molecule has 176 valence electrons. The van der Waals surface area contributed by atoms with E-state index in [4.69, 9.17) is 18.9 Å². The molecule has 0 aliphatic carbocycles. The molecule has 34 heavy (non-hydrogen) atoms. The summed E-state index contributed by atoms with van der Waals surface area (Å²) in [5, 5.41) is 40.1. The Hall–Kier alpha value is -3.95. The number of benzene rings is 3. The van der Waals surface area contributed by atoms with Crippen LogP contribution in [-0.4, -0.2) is 52.1 Å². The molecular formula is C25H22O9. The number of methoxy groups -OCH3 is 1. The average Bonchev–Trinajstić information content (AvgIpc) is 2.85. The summed E-state index contributed by atoms with van der Waals surface area (Å²) < 4.78 is 23.1. The molecule has 2 aliphatic rings. The summed E-state index contributed by atoms with van der Waals surface area (Å²) in [5.41, 5.74) is 1.28. The highest BCUT2D eigenvalue weighted by molar-refractivity contribution is 6.03. The van der Waals surface area contributed by atoms with E-state index in [2.05, 4.69) is 0 Å². The summed E-state index contributed by atoms with van der Waals surface area (Å²) in [4.78, 5) is 12.6. The van der Waals surface area contributed by atoms with Gasteiger partial charge in [-0.05, 0) is 42.0 Å². The largest absolute Gasteiger partial charge is 0.508 e. The van der Waals surface area contributed by atoms with Crippen molar-refractivity contribution >= 4 is 5.78 Å². The zero-order valence-corrected chi connectivity index (χ0v) is 18.0. The van der Waals surface area contributed by atoms with Crippen molar-refractivity contribution in [1.82, 2.24) is 0 Å². The Morgan fingerprint density at radius 1 is 0.853 bits per heavy atom. The van der Waals surface area contributed by atoms with Gasteiger partial charge in [0, 0.05) is 11.6 Å². The summed E-state index contributed by atoms with van der Waals surface area (Å²) in [7, 11) is 1.43. The molecule has 4 N–H and O–H groups in total. The van der Waals surface area contributed by atoms with Crippen molar-refractivity contribution in [2.45, 2.75) is 24.4 Å². The minimum atomic E-state index is -1.45. The van der Waals surface area contributed by atoms with Crippen LogP contribution in [0.25, 0.3) is 0 Å². The lowest BCUT2D eigenvalue weighted by Crippen LogP contribution is -2.37. The number of carbonyl (C=O) groups excluding carboxylic acids is 1. The molecule has 4 unspecified atom stereocenters. The first-order valence-electron chi connectivity index (χ1n) is 10.6. The molecule has 0 saturated carbocycles. The molecule has 0 amide bonds. The predicted octanol–water partition coefficient (Wildman–Crippen LogP) is 2.66. The molecule has 3 aromatic rings. The quantitative estimate of drug-likeness (QED) is 0.458. The van der Waals surface area contributed by atoms with E-state index in [-0.39, 0.29) is 35.2 Å². The first-order valence-corrected chi connectivity index (χ1v) is 10.6. The molecule has 2 aliphatic heterocycles. The van der Waals surface area contributed by atoms with E-state index in [9.17, 15) is 25.2 Å². The van der Waals surface area contributed by atoms with E-state index in [1.807, 2.05) is 0 Å². The molecule has 9 heteroatoms. The standard InChI is InChI=1S/C25H22O9/c1-31-19-8-12(2-6-16(19)28)24-21(11-26)32-20-9-13(3-7-17(20)33-24)25-23(30)22(29)15-5-4-14(27)10-18(15)34-25/h2-10,21,23-28,30H,11H2,1H3. The lowest BCUT2D eigenvalue weighted by atomic mass is 9.93. The second-order valence-electron chi connectivity index (χ2n) is 8.04. The van der Waals surface area contributed by atoms with Crippen molar-refractivity contribution in [3.8, 4) is 34.5 Å². The highest BCUT2D eigenvalue weighted by Crippen LogP contribution is 2.44. The number of hydrogen-bond donors (Lipinski definition) is 4. The number of rotatable bonds is 4. The molecule has 9 nitrogen and oxygen atoms in total. The first kappa shape index (κ1) is 21.9. The minimum Gasteiger partial charge on any atom is -0.508 e. The maximum absolute atomic E-state index is 12.6. The number of aliphatic hydroxyl groups excluding tert-OH is 2. The molecule has 5 rings (SSSR count). The van der Waals surface area contributed by atoms with Crippen LogP contribution < -0.4 is 18.9 Å². The van der Waals surface area contributed by atoms with E-state index < -0.39 is 30.2 Å². The predicted molar refractivity (Wildman–Crippen MR) is 118 cm³/mol. The zero-order valence-electron chi connectivity index (χ0n) is 18.0. The van der Waals surface area contributed by atoms with Crippen LogP contribution in [0.15, 0.2) is 54.6 Å². The lowest BCUT2D eigenvalue weighted by Gasteiger charge is -2.35. The van der Waals surface area contributed by atoms with Crippen molar-refractivity contribution in [2.24, 2.45) is 0 Å². The third kappa shape index (κ3) is 3.64. The van der Waals surface area contributed by atoms with Gasteiger partial charge >= 0.3 is 0 Å². The number of aliphatic hydroxyl groups is 2. The van der Waals surface area contributed by atoms with Gasteiger partial charge < -0.3 is 39.4 Å². The normalized spacial score (nSPS) is 23.1. The second kappa shape index (κ2) is 8.44. The van der Waals surface area contributed by atoms with Crippen LogP contribution >= 0.6 is 0 Å². The van der Waals surface area contributed by atoms with E-state index in [1.165, 1.54) is 31.4 Å². The van der Waals surface area contributed by atoms with Gasteiger partial charge in [-0.15, -0.1) is 0 Å². The van der Waals surface area contributed by atoms with Gasteiger partial charge in [-0.3, -0.25) is 4.79 Å². The van der Waals surface area contributed by atoms with E-state index >= 15 is 0 Å². The number of ketones is 1. The average molecular weight is 466 g/mol. The first-order chi connectivity index (χ1) is 16.4. The van der Waals surface area contributed by atoms with Gasteiger partial charge in [-0.25, -0.2) is 0 Å². The third-order valence-corrected chi connectivity index (χ3v) is 5.92. The summed E-state index contributed by atoms with van der Waals surface area (Å²) in [6, 6.07) is 13.7. The molecule has 0 fully saturated rings. The van der Waals surface area contributed by atoms with E-state index in [1.54, 1.807) is 30.3 Å². The fraction of sp³-hybridized carbons (Fsp3) is 0.240. The van der Waals surface area contributed by atoms with Crippen molar-refractivity contribution in [2.75, 3.05) is 13.7 Å². The van der Waals surface area contributed by atoms with Crippen molar-refractivity contribution in [1.29, 1.82) is 0 Å². The third-order valence-electron chi connectivity index (χ3n) is 5.92. The molecule has 0 spiro atoms. The Balaban J connectivity index is 1.46. The molecular weight excluding hydrogens is 444 g/mol. The summed E-state index contributed by atoms with van der Waals surface area (Å²) in [5.74, 6) is 0.526. The topological polar surface area (TPSA) is 135 Å². The van der Waals surface area contributed by atoms with E-state index in [0.717, 1.165) is 0 Å². The highest BCUT2D eigenvalue weighted by atomic mass is 16.6. The Morgan fingerprint density at radius 2 is 1.59 bits per heavy atom. The fourth-order valence-electron chi connectivity index (χ4n) is 4.18. The molecule has 4 atom stereocenters. The van der Waals surface area contributed by atoms with Crippen molar-refractivity contribution in [3.63, 3.8) is 0 Å². The van der Waals surface area contributed by atoms with Crippen LogP contribution in [0.2, 0.25) is 0 Å². The maximum Gasteiger partial charge on any atom is 0.199 e. The van der Waals surface area contributed by atoms with Crippen LogP contribution in [-0.2, 0) is 0 Å². The molecule has 0 radical (unpaired) electrons. The van der Waals surface area contributed by atoms with Gasteiger partial charge in [-0.1, -0.05) is 12.1 Å². The van der Waals surface area contributed by atoms with Crippen LogP contribution in [0, 0.1) is 0 Å². The summed E-state index contributed by atoms with van der Waals surface area (Å²) >= 11 is 0. The number of fused-ring (bicyclic) bond motifs is 2. The maximum atomic E-state index is 12.6. The number of carbonyl (C=O) groups is 1. The van der Waals surface area contributed by atoms with Crippen molar-refractivity contribution in [3.05, 3.63) is 71.3 Å². The minimum absolute atomic E-state index is 0.0240. The van der Waals surface area contributed by atoms with Gasteiger partial charge in [0.05, 0.1) is 19.3 Å². The Labute approximate surface area is 194 Å². The van der Waals surface area contributed by atoms with Crippen LogP contribution in [0.5, 0.6) is 34.5 Å². The van der Waals surface area contributed by atoms with E-state index in [0.29, 0.717) is 22.6 Å². The van der Waals surface area contributed by atoms with Crippen LogP contribution in [0.3, 0.4) is 0 Å². The molecule has 3 aromatic carbocycles. The molecule has 0 bridgehead atoms. The van der Waals surface area contributed by atoms with Crippen LogP contribution in [0.4, 0.5) is 0 Å². The SMILES string of the molecule is COc1cc(C2Oc3ccc(C4Oc5cc(O)ccc5C(=O)C4O)cc3OC2CO)ccc1O.